The van der Waals surface area contributed by atoms with E-state index in [0.29, 0.717) is 6.54 Å². The number of rotatable bonds is 6. The Hall–Kier alpha value is -2.84. The lowest BCUT2D eigenvalue weighted by Crippen LogP contribution is -2.47. The van der Waals surface area contributed by atoms with Gasteiger partial charge in [-0.1, -0.05) is 30.3 Å². The van der Waals surface area contributed by atoms with Crippen molar-refractivity contribution >= 4 is 11.9 Å². The van der Waals surface area contributed by atoms with E-state index < -0.39 is 24.1 Å². The van der Waals surface area contributed by atoms with E-state index in [1.165, 1.54) is 17.8 Å². The fourth-order valence-electron chi connectivity index (χ4n) is 2.04. The van der Waals surface area contributed by atoms with Crippen molar-refractivity contribution in [3.8, 4) is 0 Å². The molecule has 128 valence electrons. The minimum absolute atomic E-state index is 0.265. The first-order chi connectivity index (χ1) is 11.3. The van der Waals surface area contributed by atoms with Gasteiger partial charge in [0.25, 0.3) is 0 Å². The molecule has 1 aromatic carbocycles. The Morgan fingerprint density at radius 3 is 2.50 bits per heavy atom. The second kappa shape index (κ2) is 7.16. The predicted octanol–water partition coefficient (Wildman–Crippen LogP) is 1.61. The molecule has 0 fully saturated rings. The zero-order chi connectivity index (χ0) is 17.7. The van der Waals surface area contributed by atoms with Crippen molar-refractivity contribution in [3.63, 3.8) is 0 Å². The molecule has 0 aliphatic carbocycles. The highest BCUT2D eigenvalue weighted by Gasteiger charge is 2.40. The number of amides is 1. The molecule has 2 aromatic rings. The Morgan fingerprint density at radius 2 is 1.92 bits per heavy atom. The van der Waals surface area contributed by atoms with Crippen LogP contribution in [0.5, 0.6) is 0 Å². The highest BCUT2D eigenvalue weighted by Crippen LogP contribution is 2.15. The molecule has 0 saturated carbocycles. The molecule has 0 radical (unpaired) electrons. The molecule has 1 aromatic heterocycles. The standard InChI is InChI=1S/C15H14F3N3O3/c16-15(17,18)14(24)20-12(13(22)23)6-11-8-21(9-19-11)7-10-4-2-1-3-5-10/h1-5,8-9,12H,6-7H2,(H,20,24)(H,22,23). The Balaban J connectivity index is 2.03. The van der Waals surface area contributed by atoms with E-state index in [1.807, 2.05) is 30.3 Å². The van der Waals surface area contributed by atoms with Crippen molar-refractivity contribution in [1.29, 1.82) is 0 Å². The molecule has 1 heterocycles. The van der Waals surface area contributed by atoms with Gasteiger partial charge in [-0.15, -0.1) is 0 Å². The van der Waals surface area contributed by atoms with Crippen LogP contribution in [0.4, 0.5) is 13.2 Å². The van der Waals surface area contributed by atoms with E-state index in [2.05, 4.69) is 4.98 Å². The van der Waals surface area contributed by atoms with E-state index in [1.54, 1.807) is 4.57 Å². The van der Waals surface area contributed by atoms with Crippen molar-refractivity contribution in [2.24, 2.45) is 0 Å². The van der Waals surface area contributed by atoms with Gasteiger partial charge < -0.3 is 15.0 Å². The van der Waals surface area contributed by atoms with Crippen LogP contribution in [-0.2, 0) is 22.6 Å². The average Bonchev–Trinajstić information content (AvgIpc) is 2.93. The van der Waals surface area contributed by atoms with Gasteiger partial charge in [0, 0.05) is 19.2 Å². The number of nitrogens with zero attached hydrogens (tertiary/aromatic N) is 2. The number of carbonyl (C=O) groups is 2. The third-order valence-corrected chi connectivity index (χ3v) is 3.17. The van der Waals surface area contributed by atoms with E-state index in [0.717, 1.165) is 5.56 Å². The van der Waals surface area contributed by atoms with Gasteiger partial charge in [0.15, 0.2) is 0 Å². The van der Waals surface area contributed by atoms with Gasteiger partial charge in [0.1, 0.15) is 6.04 Å². The second-order valence-corrected chi connectivity index (χ2v) is 5.09. The van der Waals surface area contributed by atoms with Crippen LogP contribution < -0.4 is 5.32 Å². The number of alkyl halides is 3. The fraction of sp³-hybridized carbons (Fsp3) is 0.267. The highest BCUT2D eigenvalue weighted by atomic mass is 19.4. The zero-order valence-corrected chi connectivity index (χ0v) is 12.3. The van der Waals surface area contributed by atoms with Gasteiger partial charge in [0.2, 0.25) is 0 Å². The van der Waals surface area contributed by atoms with Gasteiger partial charge in [-0.05, 0) is 5.56 Å². The number of aromatic nitrogens is 2. The Bertz CT molecular complexity index is 713. The fourth-order valence-corrected chi connectivity index (χ4v) is 2.04. The van der Waals surface area contributed by atoms with Crippen LogP contribution in [0.15, 0.2) is 42.9 Å². The topological polar surface area (TPSA) is 84.2 Å². The number of hydrogen-bond acceptors (Lipinski definition) is 3. The number of benzene rings is 1. The number of hydrogen-bond donors (Lipinski definition) is 2. The number of carbonyl (C=O) groups excluding carboxylic acids is 1. The summed E-state index contributed by atoms with van der Waals surface area (Å²) in [5.41, 5.74) is 1.25. The monoisotopic (exact) mass is 341 g/mol. The Morgan fingerprint density at radius 1 is 1.25 bits per heavy atom. The van der Waals surface area contributed by atoms with E-state index in [-0.39, 0.29) is 12.1 Å². The molecule has 9 heteroatoms. The lowest BCUT2D eigenvalue weighted by molar-refractivity contribution is -0.175. The van der Waals surface area contributed by atoms with Crippen molar-refractivity contribution in [2.75, 3.05) is 0 Å². The first-order valence-electron chi connectivity index (χ1n) is 6.91. The van der Waals surface area contributed by atoms with Crippen LogP contribution >= 0.6 is 0 Å². The van der Waals surface area contributed by atoms with Crippen LogP contribution in [0, 0.1) is 0 Å². The molecule has 0 spiro atoms. The van der Waals surface area contributed by atoms with Crippen LogP contribution in [0.3, 0.4) is 0 Å². The minimum atomic E-state index is -5.14. The SMILES string of the molecule is O=C(O)C(Cc1cn(Cc2ccccc2)cn1)NC(=O)C(F)(F)F. The number of carboxylic acids is 1. The molecule has 0 aliphatic heterocycles. The summed E-state index contributed by atoms with van der Waals surface area (Å²) in [5.74, 6) is -3.86. The molecule has 1 atom stereocenters. The normalized spacial score (nSPS) is 12.6. The van der Waals surface area contributed by atoms with Crippen molar-refractivity contribution in [3.05, 3.63) is 54.1 Å². The number of nitrogens with one attached hydrogen (secondary N) is 1. The maximum absolute atomic E-state index is 12.2. The van der Waals surface area contributed by atoms with Crippen molar-refractivity contribution < 1.29 is 27.9 Å². The summed E-state index contributed by atoms with van der Waals surface area (Å²) in [4.78, 5) is 25.9. The molecule has 6 nitrogen and oxygen atoms in total. The smallest absolute Gasteiger partial charge is 0.471 e. The second-order valence-electron chi connectivity index (χ2n) is 5.09. The first-order valence-corrected chi connectivity index (χ1v) is 6.91. The Kier molecular flexibility index (Phi) is 5.22. The van der Waals surface area contributed by atoms with Crippen LogP contribution in [0.2, 0.25) is 0 Å². The maximum atomic E-state index is 12.2. The largest absolute Gasteiger partial charge is 0.480 e. The molecular weight excluding hydrogens is 327 g/mol. The van der Waals surface area contributed by atoms with Gasteiger partial charge in [0.05, 0.1) is 12.0 Å². The third kappa shape index (κ3) is 4.83. The molecule has 2 rings (SSSR count). The number of aliphatic carboxylic acids is 1. The van der Waals surface area contributed by atoms with E-state index in [9.17, 15) is 22.8 Å². The van der Waals surface area contributed by atoms with Crippen LogP contribution in [-0.4, -0.2) is 38.8 Å². The van der Waals surface area contributed by atoms with E-state index >= 15 is 0 Å². The quantitative estimate of drug-likeness (QED) is 0.836. The predicted molar refractivity (Wildman–Crippen MR) is 77.1 cm³/mol. The summed E-state index contributed by atoms with van der Waals surface area (Å²) in [6.07, 6.45) is -2.51. The summed E-state index contributed by atoms with van der Waals surface area (Å²) >= 11 is 0. The summed E-state index contributed by atoms with van der Waals surface area (Å²) < 4.78 is 38.4. The van der Waals surface area contributed by atoms with Crippen molar-refractivity contribution in [1.82, 2.24) is 14.9 Å². The summed E-state index contributed by atoms with van der Waals surface area (Å²) in [6.45, 7) is 0.487. The lowest BCUT2D eigenvalue weighted by Gasteiger charge is -2.14. The number of carboxylic acid groups (broad SMARTS) is 1. The third-order valence-electron chi connectivity index (χ3n) is 3.17. The summed E-state index contributed by atoms with van der Waals surface area (Å²) in [5, 5.41) is 10.4. The molecule has 1 amide bonds. The molecule has 0 bridgehead atoms. The molecule has 1 unspecified atom stereocenters. The Labute approximate surface area is 134 Å². The van der Waals surface area contributed by atoms with Gasteiger partial charge >= 0.3 is 18.1 Å². The summed E-state index contributed by atoms with van der Waals surface area (Å²) in [6, 6.07) is 7.66. The summed E-state index contributed by atoms with van der Waals surface area (Å²) in [7, 11) is 0. The van der Waals surface area contributed by atoms with Crippen LogP contribution in [0.1, 0.15) is 11.3 Å². The molecule has 2 N–H and O–H groups in total. The van der Waals surface area contributed by atoms with Crippen molar-refractivity contribution in [2.45, 2.75) is 25.2 Å². The van der Waals surface area contributed by atoms with Gasteiger partial charge in [-0.2, -0.15) is 13.2 Å². The zero-order valence-electron chi connectivity index (χ0n) is 12.3. The van der Waals surface area contributed by atoms with Gasteiger partial charge in [-0.3, -0.25) is 4.79 Å². The van der Waals surface area contributed by atoms with Gasteiger partial charge in [-0.25, -0.2) is 9.78 Å². The van der Waals surface area contributed by atoms with E-state index in [4.69, 9.17) is 5.11 Å². The molecular formula is C15H14F3N3O3. The molecule has 0 aliphatic rings. The van der Waals surface area contributed by atoms with Crippen LogP contribution in [0.25, 0.3) is 0 Å². The number of halogens is 3. The highest BCUT2D eigenvalue weighted by molar-refractivity contribution is 5.87. The molecule has 0 saturated heterocycles. The first kappa shape index (κ1) is 17.5. The maximum Gasteiger partial charge on any atom is 0.471 e. The lowest BCUT2D eigenvalue weighted by atomic mass is 10.1. The average molecular weight is 341 g/mol. The minimum Gasteiger partial charge on any atom is -0.480 e. The molecule has 24 heavy (non-hydrogen) atoms. The number of imidazole rings is 1.